The molecule has 70 valence electrons. The highest BCUT2D eigenvalue weighted by Crippen LogP contribution is 2.44. The Bertz CT molecular complexity index is 303. The van der Waals surface area contributed by atoms with Crippen LogP contribution >= 0.6 is 11.3 Å². The van der Waals surface area contributed by atoms with Gasteiger partial charge < -0.3 is 5.11 Å². The largest absolute Gasteiger partial charge is 0.481 e. The van der Waals surface area contributed by atoms with E-state index in [1.165, 1.54) is 0 Å². The van der Waals surface area contributed by atoms with Crippen molar-refractivity contribution in [3.63, 3.8) is 0 Å². The molecule has 1 saturated carbocycles. The molecule has 1 aromatic heterocycles. The average Bonchev–Trinajstić information content (AvgIpc) is 2.47. The predicted octanol–water partition coefficient (Wildman–Crippen LogP) is 1.94. The second kappa shape index (κ2) is 3.10. The summed E-state index contributed by atoms with van der Waals surface area (Å²) in [7, 11) is 0. The third-order valence-corrected chi connectivity index (χ3v) is 3.54. The number of carbonyl (C=O) groups is 1. The van der Waals surface area contributed by atoms with Gasteiger partial charge in [0.05, 0.1) is 10.9 Å². The number of thiazole rings is 1. The van der Waals surface area contributed by atoms with Gasteiger partial charge in [0.25, 0.3) is 0 Å². The van der Waals surface area contributed by atoms with Gasteiger partial charge in [0, 0.05) is 11.1 Å². The highest BCUT2D eigenvalue weighted by atomic mass is 32.1. The summed E-state index contributed by atoms with van der Waals surface area (Å²) in [6, 6.07) is 0. The van der Waals surface area contributed by atoms with Gasteiger partial charge in [0.1, 0.15) is 0 Å². The molecule has 0 bridgehead atoms. The van der Waals surface area contributed by atoms with Crippen LogP contribution in [-0.2, 0) is 11.2 Å². The highest BCUT2D eigenvalue weighted by Gasteiger charge is 2.44. The lowest BCUT2D eigenvalue weighted by atomic mass is 9.66. The van der Waals surface area contributed by atoms with E-state index >= 15 is 0 Å². The maximum Gasteiger partial charge on any atom is 0.309 e. The quantitative estimate of drug-likeness (QED) is 0.805. The van der Waals surface area contributed by atoms with Crippen LogP contribution < -0.4 is 0 Å². The number of hydrogen-bond acceptors (Lipinski definition) is 3. The van der Waals surface area contributed by atoms with E-state index in [1.54, 1.807) is 23.0 Å². The number of rotatable bonds is 3. The molecule has 0 spiro atoms. The molecular weight excluding hydrogens is 186 g/mol. The van der Waals surface area contributed by atoms with Crippen molar-refractivity contribution in [1.29, 1.82) is 0 Å². The lowest BCUT2D eigenvalue weighted by Gasteiger charge is -2.37. The van der Waals surface area contributed by atoms with Crippen LogP contribution in [0.25, 0.3) is 0 Å². The Labute approximate surface area is 80.4 Å². The first-order chi connectivity index (χ1) is 6.23. The van der Waals surface area contributed by atoms with Crippen LogP contribution in [0.3, 0.4) is 0 Å². The lowest BCUT2D eigenvalue weighted by molar-refractivity contribution is -0.154. The predicted molar refractivity (Wildman–Crippen MR) is 49.7 cm³/mol. The normalized spacial score (nSPS) is 19.4. The van der Waals surface area contributed by atoms with Crippen molar-refractivity contribution in [3.05, 3.63) is 16.6 Å². The third-order valence-electron chi connectivity index (χ3n) is 2.76. The summed E-state index contributed by atoms with van der Waals surface area (Å²) in [5.41, 5.74) is 1.29. The number of nitrogens with zero attached hydrogens (tertiary/aromatic N) is 1. The molecule has 1 heterocycles. The standard InChI is InChI=1S/C9H11NO2S/c11-8(12)9(2-1-3-9)4-7-5-10-6-13-7/h5-6H,1-4H2,(H,11,12). The summed E-state index contributed by atoms with van der Waals surface area (Å²) in [4.78, 5) is 16.0. The number of aliphatic carboxylic acids is 1. The fourth-order valence-electron chi connectivity index (χ4n) is 1.73. The second-order valence-electron chi connectivity index (χ2n) is 3.58. The van der Waals surface area contributed by atoms with Crippen LogP contribution in [0.1, 0.15) is 24.1 Å². The Morgan fingerprint density at radius 2 is 2.46 bits per heavy atom. The Morgan fingerprint density at radius 1 is 1.69 bits per heavy atom. The summed E-state index contributed by atoms with van der Waals surface area (Å²) in [6.45, 7) is 0. The van der Waals surface area contributed by atoms with Crippen molar-refractivity contribution < 1.29 is 9.90 Å². The summed E-state index contributed by atoms with van der Waals surface area (Å²) >= 11 is 1.54. The molecule has 0 radical (unpaired) electrons. The molecule has 0 unspecified atom stereocenters. The van der Waals surface area contributed by atoms with Crippen molar-refractivity contribution in [2.45, 2.75) is 25.7 Å². The molecule has 0 aromatic carbocycles. The Morgan fingerprint density at radius 3 is 2.85 bits per heavy atom. The zero-order valence-corrected chi connectivity index (χ0v) is 8.01. The number of aromatic nitrogens is 1. The van der Waals surface area contributed by atoms with Gasteiger partial charge in [-0.15, -0.1) is 11.3 Å². The summed E-state index contributed by atoms with van der Waals surface area (Å²) in [6.07, 6.45) is 5.12. The molecule has 3 nitrogen and oxygen atoms in total. The monoisotopic (exact) mass is 197 g/mol. The van der Waals surface area contributed by atoms with Crippen molar-refractivity contribution in [3.8, 4) is 0 Å². The van der Waals surface area contributed by atoms with Gasteiger partial charge in [-0.3, -0.25) is 9.78 Å². The molecule has 1 aromatic rings. The first-order valence-corrected chi connectivity index (χ1v) is 5.22. The molecule has 4 heteroatoms. The van der Waals surface area contributed by atoms with E-state index in [9.17, 15) is 4.79 Å². The number of hydrogen-bond donors (Lipinski definition) is 1. The topological polar surface area (TPSA) is 50.2 Å². The highest BCUT2D eigenvalue weighted by molar-refractivity contribution is 7.09. The molecule has 0 saturated heterocycles. The van der Waals surface area contributed by atoms with Crippen molar-refractivity contribution >= 4 is 17.3 Å². The summed E-state index contributed by atoms with van der Waals surface area (Å²) in [5.74, 6) is -0.646. The Hall–Kier alpha value is -0.900. The van der Waals surface area contributed by atoms with E-state index < -0.39 is 11.4 Å². The van der Waals surface area contributed by atoms with Gasteiger partial charge in [-0.2, -0.15) is 0 Å². The fraction of sp³-hybridized carbons (Fsp3) is 0.556. The average molecular weight is 197 g/mol. The van der Waals surface area contributed by atoms with Crippen LogP contribution in [0.2, 0.25) is 0 Å². The van der Waals surface area contributed by atoms with Crippen LogP contribution in [0.5, 0.6) is 0 Å². The zero-order chi connectivity index (χ0) is 9.31. The Kier molecular flexibility index (Phi) is 2.07. The second-order valence-corrected chi connectivity index (χ2v) is 4.55. The van der Waals surface area contributed by atoms with Crippen LogP contribution in [0.15, 0.2) is 11.7 Å². The molecule has 1 aliphatic carbocycles. The van der Waals surface area contributed by atoms with E-state index in [2.05, 4.69) is 4.98 Å². The van der Waals surface area contributed by atoms with Gasteiger partial charge >= 0.3 is 5.97 Å². The molecule has 1 aliphatic rings. The summed E-state index contributed by atoms with van der Waals surface area (Å²) < 4.78 is 0. The van der Waals surface area contributed by atoms with E-state index in [1.807, 2.05) is 0 Å². The molecule has 1 fully saturated rings. The lowest BCUT2D eigenvalue weighted by Crippen LogP contribution is -2.39. The first kappa shape index (κ1) is 8.69. The van der Waals surface area contributed by atoms with E-state index in [4.69, 9.17) is 5.11 Å². The maximum atomic E-state index is 11.0. The molecule has 2 rings (SSSR count). The summed E-state index contributed by atoms with van der Waals surface area (Å²) in [5, 5.41) is 9.07. The smallest absolute Gasteiger partial charge is 0.309 e. The van der Waals surface area contributed by atoms with Gasteiger partial charge in [0.2, 0.25) is 0 Å². The van der Waals surface area contributed by atoms with Crippen LogP contribution in [0.4, 0.5) is 0 Å². The minimum absolute atomic E-state index is 0.466. The van der Waals surface area contributed by atoms with Crippen LogP contribution in [-0.4, -0.2) is 16.1 Å². The van der Waals surface area contributed by atoms with Gasteiger partial charge in [0.15, 0.2) is 0 Å². The fourth-order valence-corrected chi connectivity index (χ4v) is 2.47. The van der Waals surface area contributed by atoms with Crippen molar-refractivity contribution in [2.75, 3.05) is 0 Å². The zero-order valence-electron chi connectivity index (χ0n) is 7.19. The Balaban J connectivity index is 2.11. The maximum absolute atomic E-state index is 11.0. The number of carboxylic acid groups (broad SMARTS) is 1. The van der Waals surface area contributed by atoms with Gasteiger partial charge in [-0.1, -0.05) is 6.42 Å². The molecule has 0 amide bonds. The molecule has 0 aliphatic heterocycles. The van der Waals surface area contributed by atoms with E-state index in [0.29, 0.717) is 6.42 Å². The van der Waals surface area contributed by atoms with E-state index in [0.717, 1.165) is 24.1 Å². The van der Waals surface area contributed by atoms with E-state index in [-0.39, 0.29) is 0 Å². The minimum atomic E-state index is -0.646. The van der Waals surface area contributed by atoms with Crippen molar-refractivity contribution in [2.24, 2.45) is 5.41 Å². The molecular formula is C9H11NO2S. The van der Waals surface area contributed by atoms with Crippen LogP contribution in [0, 0.1) is 5.41 Å². The SMILES string of the molecule is O=C(O)C1(Cc2cncs2)CCC1. The molecule has 13 heavy (non-hydrogen) atoms. The third kappa shape index (κ3) is 1.46. The van der Waals surface area contributed by atoms with Crippen molar-refractivity contribution in [1.82, 2.24) is 4.98 Å². The van der Waals surface area contributed by atoms with Gasteiger partial charge in [-0.05, 0) is 19.3 Å². The molecule has 0 atom stereocenters. The minimum Gasteiger partial charge on any atom is -0.481 e. The first-order valence-electron chi connectivity index (χ1n) is 4.34. The number of carboxylic acids is 1. The van der Waals surface area contributed by atoms with Gasteiger partial charge in [-0.25, -0.2) is 0 Å². The molecule has 1 N–H and O–H groups in total.